The van der Waals surface area contributed by atoms with E-state index in [1.165, 1.54) is 19.3 Å². The summed E-state index contributed by atoms with van der Waals surface area (Å²) < 4.78 is 2.26. The normalized spacial score (nSPS) is 15.1. The summed E-state index contributed by atoms with van der Waals surface area (Å²) in [7, 11) is 0. The van der Waals surface area contributed by atoms with Crippen LogP contribution in [0, 0.1) is 5.92 Å². The molecular weight excluding hydrogens is 342 g/mol. The molecule has 146 valence electrons. The molecule has 1 fully saturated rings. The summed E-state index contributed by atoms with van der Waals surface area (Å²) in [5.74, 6) is -0.206. The van der Waals surface area contributed by atoms with E-state index in [4.69, 9.17) is 5.11 Å². The molecule has 2 aromatic rings. The molecule has 2 heterocycles. The highest BCUT2D eigenvalue weighted by Crippen LogP contribution is 2.24. The van der Waals surface area contributed by atoms with Crippen LogP contribution in [0.3, 0.4) is 0 Å². The summed E-state index contributed by atoms with van der Waals surface area (Å²) in [5, 5.41) is 15.9. The number of para-hydroxylation sites is 1. The maximum absolute atomic E-state index is 12.1. The van der Waals surface area contributed by atoms with E-state index >= 15 is 0 Å². The minimum Gasteiger partial charge on any atom is -0.481 e. The lowest BCUT2D eigenvalue weighted by atomic mass is 9.93. The van der Waals surface area contributed by atoms with Crippen molar-refractivity contribution in [2.24, 2.45) is 5.92 Å². The molecule has 1 aliphatic rings. The number of rotatable bonds is 9. The number of aliphatic carboxylic acids is 1. The number of aromatic nitrogens is 1. The summed E-state index contributed by atoms with van der Waals surface area (Å²) in [4.78, 5) is 22.7. The molecule has 0 unspecified atom stereocenters. The molecule has 1 saturated heterocycles. The fraction of sp³-hybridized carbons (Fsp3) is 0.524. The predicted molar refractivity (Wildman–Crippen MR) is 106 cm³/mol. The molecule has 3 N–H and O–H groups in total. The van der Waals surface area contributed by atoms with Crippen molar-refractivity contribution in [2.45, 2.75) is 45.1 Å². The van der Waals surface area contributed by atoms with Crippen LogP contribution in [0.5, 0.6) is 0 Å². The van der Waals surface area contributed by atoms with Gasteiger partial charge in [-0.1, -0.05) is 18.2 Å². The number of carbonyl (C=O) groups excluding carboxylic acids is 1. The van der Waals surface area contributed by atoms with Crippen LogP contribution in [0.2, 0.25) is 0 Å². The lowest BCUT2D eigenvalue weighted by Gasteiger charge is -2.22. The van der Waals surface area contributed by atoms with Crippen molar-refractivity contribution in [3.05, 3.63) is 36.0 Å². The SMILES string of the molecule is O=C(O)CCNC(=O)Cc1cn(CCCC2CCNCC2)c2ccccc12. The fourth-order valence-corrected chi connectivity index (χ4v) is 3.91. The highest BCUT2D eigenvalue weighted by atomic mass is 16.4. The second-order valence-electron chi connectivity index (χ2n) is 7.37. The summed E-state index contributed by atoms with van der Waals surface area (Å²) in [5.41, 5.74) is 2.16. The van der Waals surface area contributed by atoms with E-state index in [9.17, 15) is 9.59 Å². The molecule has 0 spiro atoms. The zero-order valence-electron chi connectivity index (χ0n) is 15.7. The number of amides is 1. The number of piperidine rings is 1. The van der Waals surface area contributed by atoms with Gasteiger partial charge in [0, 0.05) is 30.2 Å². The third-order valence-electron chi connectivity index (χ3n) is 5.35. The number of carboxylic acids is 1. The lowest BCUT2D eigenvalue weighted by molar-refractivity contribution is -0.136. The Kier molecular flexibility index (Phi) is 6.87. The quantitative estimate of drug-likeness (QED) is 0.633. The van der Waals surface area contributed by atoms with Crippen LogP contribution in [-0.4, -0.2) is 41.2 Å². The molecule has 0 bridgehead atoms. The average molecular weight is 371 g/mol. The van der Waals surface area contributed by atoms with Gasteiger partial charge >= 0.3 is 5.97 Å². The number of carbonyl (C=O) groups is 2. The van der Waals surface area contributed by atoms with Crippen molar-refractivity contribution in [1.82, 2.24) is 15.2 Å². The average Bonchev–Trinajstić information content (AvgIpc) is 3.00. The second-order valence-corrected chi connectivity index (χ2v) is 7.37. The molecule has 0 radical (unpaired) electrons. The third-order valence-corrected chi connectivity index (χ3v) is 5.35. The minimum atomic E-state index is -0.902. The molecule has 1 aromatic carbocycles. The van der Waals surface area contributed by atoms with Crippen molar-refractivity contribution in [3.8, 4) is 0 Å². The van der Waals surface area contributed by atoms with Gasteiger partial charge < -0.3 is 20.3 Å². The van der Waals surface area contributed by atoms with Gasteiger partial charge in [0.15, 0.2) is 0 Å². The third kappa shape index (κ3) is 5.57. The van der Waals surface area contributed by atoms with Gasteiger partial charge in [0.1, 0.15) is 0 Å². The summed E-state index contributed by atoms with van der Waals surface area (Å²) >= 11 is 0. The van der Waals surface area contributed by atoms with Gasteiger partial charge in [-0.3, -0.25) is 9.59 Å². The van der Waals surface area contributed by atoms with E-state index < -0.39 is 5.97 Å². The van der Waals surface area contributed by atoms with E-state index in [1.807, 2.05) is 12.1 Å². The van der Waals surface area contributed by atoms with Crippen LogP contribution in [-0.2, 0) is 22.6 Å². The minimum absolute atomic E-state index is 0.0514. The van der Waals surface area contributed by atoms with Gasteiger partial charge in [0.05, 0.1) is 12.8 Å². The number of aryl methyl sites for hydroxylation is 1. The predicted octanol–water partition coefficient (Wildman–Crippen LogP) is 2.55. The summed E-state index contributed by atoms with van der Waals surface area (Å²) in [6, 6.07) is 8.18. The van der Waals surface area contributed by atoms with Crippen LogP contribution in [0.1, 0.15) is 37.7 Å². The van der Waals surface area contributed by atoms with Gasteiger partial charge in [-0.05, 0) is 56.3 Å². The number of carboxylic acid groups (broad SMARTS) is 1. The van der Waals surface area contributed by atoms with Gasteiger partial charge in [0.2, 0.25) is 5.91 Å². The molecule has 6 nitrogen and oxygen atoms in total. The summed E-state index contributed by atoms with van der Waals surface area (Å²) in [6.45, 7) is 3.41. The van der Waals surface area contributed by atoms with E-state index in [0.717, 1.165) is 48.4 Å². The first kappa shape index (κ1) is 19.4. The van der Waals surface area contributed by atoms with E-state index in [-0.39, 0.29) is 25.3 Å². The second kappa shape index (κ2) is 9.55. The molecule has 0 saturated carbocycles. The number of hydrogen-bond donors (Lipinski definition) is 3. The molecule has 3 rings (SSSR count). The van der Waals surface area contributed by atoms with Crippen LogP contribution in [0.4, 0.5) is 0 Å². The zero-order chi connectivity index (χ0) is 19.1. The van der Waals surface area contributed by atoms with Crippen LogP contribution >= 0.6 is 0 Å². The van der Waals surface area contributed by atoms with E-state index in [2.05, 4.69) is 33.5 Å². The Morgan fingerprint density at radius 1 is 1.22 bits per heavy atom. The molecule has 1 aromatic heterocycles. The van der Waals surface area contributed by atoms with Gasteiger partial charge in [-0.25, -0.2) is 0 Å². The fourth-order valence-electron chi connectivity index (χ4n) is 3.91. The summed E-state index contributed by atoms with van der Waals surface area (Å²) in [6.07, 6.45) is 7.25. The van der Waals surface area contributed by atoms with Gasteiger partial charge in [-0.15, -0.1) is 0 Å². The molecule has 6 heteroatoms. The lowest BCUT2D eigenvalue weighted by Crippen LogP contribution is -2.27. The maximum Gasteiger partial charge on any atom is 0.305 e. The van der Waals surface area contributed by atoms with Gasteiger partial charge in [-0.2, -0.15) is 0 Å². The van der Waals surface area contributed by atoms with Crippen molar-refractivity contribution < 1.29 is 14.7 Å². The number of fused-ring (bicyclic) bond motifs is 1. The highest BCUT2D eigenvalue weighted by Gasteiger charge is 2.14. The number of benzene rings is 1. The first-order chi connectivity index (χ1) is 13.1. The molecule has 0 atom stereocenters. The zero-order valence-corrected chi connectivity index (χ0v) is 15.7. The monoisotopic (exact) mass is 371 g/mol. The Morgan fingerprint density at radius 2 is 2.00 bits per heavy atom. The Hall–Kier alpha value is -2.34. The smallest absolute Gasteiger partial charge is 0.305 e. The van der Waals surface area contributed by atoms with Crippen LogP contribution in [0.25, 0.3) is 10.9 Å². The van der Waals surface area contributed by atoms with Crippen molar-refractivity contribution >= 4 is 22.8 Å². The molecule has 27 heavy (non-hydrogen) atoms. The number of nitrogens with one attached hydrogen (secondary N) is 2. The Labute approximate surface area is 159 Å². The number of hydrogen-bond acceptors (Lipinski definition) is 3. The van der Waals surface area contributed by atoms with Crippen molar-refractivity contribution in [1.29, 1.82) is 0 Å². The van der Waals surface area contributed by atoms with Crippen molar-refractivity contribution in [3.63, 3.8) is 0 Å². The topological polar surface area (TPSA) is 83.4 Å². The first-order valence-electron chi connectivity index (χ1n) is 9.89. The van der Waals surface area contributed by atoms with Crippen LogP contribution < -0.4 is 10.6 Å². The van der Waals surface area contributed by atoms with Crippen molar-refractivity contribution in [2.75, 3.05) is 19.6 Å². The molecular formula is C21H29N3O3. The molecule has 0 aliphatic carbocycles. The van der Waals surface area contributed by atoms with E-state index in [1.54, 1.807) is 0 Å². The number of nitrogens with zero attached hydrogens (tertiary/aromatic N) is 1. The maximum atomic E-state index is 12.1. The molecule has 1 aliphatic heterocycles. The Bertz CT molecular complexity index is 778. The molecule has 1 amide bonds. The van der Waals surface area contributed by atoms with E-state index in [0.29, 0.717) is 0 Å². The Morgan fingerprint density at radius 3 is 2.78 bits per heavy atom. The first-order valence-corrected chi connectivity index (χ1v) is 9.89. The standard InChI is InChI=1S/C21H29N3O3/c25-20(23-12-9-21(26)27)14-17-15-24(19-6-2-1-5-18(17)19)13-3-4-16-7-10-22-11-8-16/h1-2,5-6,15-16,22H,3-4,7-14H2,(H,23,25)(H,26,27). The largest absolute Gasteiger partial charge is 0.481 e. The highest BCUT2D eigenvalue weighted by molar-refractivity contribution is 5.89. The Balaban J connectivity index is 1.60. The van der Waals surface area contributed by atoms with Gasteiger partial charge in [0.25, 0.3) is 0 Å². The van der Waals surface area contributed by atoms with Crippen LogP contribution in [0.15, 0.2) is 30.5 Å².